The molecule has 2 aromatic rings. The lowest BCUT2D eigenvalue weighted by Gasteiger charge is -2.08. The highest BCUT2D eigenvalue weighted by molar-refractivity contribution is 6.34. The number of benzene rings is 1. The van der Waals surface area contributed by atoms with Crippen LogP contribution in [0, 0.1) is 11.3 Å². The lowest BCUT2D eigenvalue weighted by atomic mass is 10.2. The fraction of sp³-hybridized carbons (Fsp3) is 0.133. The summed E-state index contributed by atoms with van der Waals surface area (Å²) in [6.45, 7) is 2.73. The van der Waals surface area contributed by atoms with Gasteiger partial charge in [-0.2, -0.15) is 5.26 Å². The van der Waals surface area contributed by atoms with Crippen LogP contribution in [0.1, 0.15) is 22.8 Å². The highest BCUT2D eigenvalue weighted by Crippen LogP contribution is 2.23. The molecule has 106 valence electrons. The van der Waals surface area contributed by atoms with Crippen LogP contribution in [0.25, 0.3) is 0 Å². The SMILES string of the molecule is CCNc1ccc(C(=O)Nc2ccc(C#N)cc2Cl)cn1. The Morgan fingerprint density at radius 3 is 2.76 bits per heavy atom. The van der Waals surface area contributed by atoms with Crippen LogP contribution in [0.3, 0.4) is 0 Å². The fourth-order valence-corrected chi connectivity index (χ4v) is 1.92. The van der Waals surface area contributed by atoms with E-state index in [1.54, 1.807) is 24.3 Å². The third-order valence-electron chi connectivity index (χ3n) is 2.73. The molecule has 2 rings (SSSR count). The van der Waals surface area contributed by atoms with Crippen molar-refractivity contribution in [3.63, 3.8) is 0 Å². The summed E-state index contributed by atoms with van der Waals surface area (Å²) in [7, 11) is 0. The van der Waals surface area contributed by atoms with Gasteiger partial charge in [0.15, 0.2) is 0 Å². The standard InChI is InChI=1S/C15H13ClN4O/c1-2-18-14-6-4-11(9-19-14)15(21)20-13-5-3-10(8-17)7-12(13)16/h3-7,9H,2H2,1H3,(H,18,19)(H,20,21). The van der Waals surface area contributed by atoms with E-state index in [4.69, 9.17) is 16.9 Å². The summed E-state index contributed by atoms with van der Waals surface area (Å²) >= 11 is 6.01. The lowest BCUT2D eigenvalue weighted by molar-refractivity contribution is 0.102. The largest absolute Gasteiger partial charge is 0.370 e. The summed E-state index contributed by atoms with van der Waals surface area (Å²) in [6.07, 6.45) is 1.49. The maximum Gasteiger partial charge on any atom is 0.257 e. The minimum Gasteiger partial charge on any atom is -0.370 e. The zero-order chi connectivity index (χ0) is 15.2. The second-order valence-electron chi connectivity index (χ2n) is 4.22. The van der Waals surface area contributed by atoms with Crippen LogP contribution >= 0.6 is 11.6 Å². The van der Waals surface area contributed by atoms with E-state index in [2.05, 4.69) is 15.6 Å². The van der Waals surface area contributed by atoms with Gasteiger partial charge in [-0.05, 0) is 37.3 Å². The maximum atomic E-state index is 12.1. The van der Waals surface area contributed by atoms with E-state index in [0.29, 0.717) is 27.7 Å². The normalized spacial score (nSPS) is 9.76. The molecule has 0 bridgehead atoms. The second-order valence-corrected chi connectivity index (χ2v) is 4.63. The van der Waals surface area contributed by atoms with Gasteiger partial charge in [0.05, 0.1) is 27.9 Å². The molecule has 1 amide bonds. The van der Waals surface area contributed by atoms with Crippen molar-refractivity contribution in [2.45, 2.75) is 6.92 Å². The van der Waals surface area contributed by atoms with Crippen molar-refractivity contribution in [3.8, 4) is 6.07 Å². The van der Waals surface area contributed by atoms with Crippen molar-refractivity contribution in [2.24, 2.45) is 0 Å². The van der Waals surface area contributed by atoms with Crippen LogP contribution in [0.5, 0.6) is 0 Å². The second kappa shape index (κ2) is 6.73. The number of hydrogen-bond donors (Lipinski definition) is 2. The summed E-state index contributed by atoms with van der Waals surface area (Å²) in [4.78, 5) is 16.2. The number of nitriles is 1. The van der Waals surface area contributed by atoms with E-state index in [1.807, 2.05) is 13.0 Å². The number of nitrogens with one attached hydrogen (secondary N) is 2. The first-order valence-corrected chi connectivity index (χ1v) is 6.72. The summed E-state index contributed by atoms with van der Waals surface area (Å²) in [5, 5.41) is 14.8. The molecule has 0 saturated carbocycles. The predicted octanol–water partition coefficient (Wildman–Crippen LogP) is 3.29. The molecule has 0 saturated heterocycles. The van der Waals surface area contributed by atoms with Crippen molar-refractivity contribution in [1.82, 2.24) is 4.98 Å². The minimum atomic E-state index is -0.308. The van der Waals surface area contributed by atoms with Gasteiger partial charge in [0.2, 0.25) is 0 Å². The van der Waals surface area contributed by atoms with Gasteiger partial charge >= 0.3 is 0 Å². The topological polar surface area (TPSA) is 77.8 Å². The number of nitrogens with zero attached hydrogens (tertiary/aromatic N) is 2. The molecule has 0 aliphatic heterocycles. The van der Waals surface area contributed by atoms with Crippen molar-refractivity contribution in [3.05, 3.63) is 52.7 Å². The molecule has 0 fully saturated rings. The van der Waals surface area contributed by atoms with Crippen molar-refractivity contribution in [2.75, 3.05) is 17.2 Å². The van der Waals surface area contributed by atoms with E-state index in [9.17, 15) is 4.79 Å². The van der Waals surface area contributed by atoms with Crippen LogP contribution in [0.4, 0.5) is 11.5 Å². The van der Waals surface area contributed by atoms with Crippen molar-refractivity contribution < 1.29 is 4.79 Å². The van der Waals surface area contributed by atoms with Gasteiger partial charge in [-0.1, -0.05) is 11.6 Å². The Morgan fingerprint density at radius 2 is 2.19 bits per heavy atom. The van der Waals surface area contributed by atoms with Crippen LogP contribution < -0.4 is 10.6 Å². The number of amides is 1. The Morgan fingerprint density at radius 1 is 1.38 bits per heavy atom. The zero-order valence-electron chi connectivity index (χ0n) is 11.4. The molecule has 6 heteroatoms. The Balaban J connectivity index is 2.12. The van der Waals surface area contributed by atoms with E-state index in [-0.39, 0.29) is 5.91 Å². The van der Waals surface area contributed by atoms with Gasteiger partial charge in [0, 0.05) is 12.7 Å². The molecule has 0 aliphatic carbocycles. The van der Waals surface area contributed by atoms with Crippen molar-refractivity contribution >= 4 is 29.0 Å². The number of carbonyl (C=O) groups excluding carboxylic acids is 1. The molecule has 2 N–H and O–H groups in total. The van der Waals surface area contributed by atoms with E-state index >= 15 is 0 Å². The molecule has 1 aromatic heterocycles. The van der Waals surface area contributed by atoms with Gasteiger partial charge < -0.3 is 10.6 Å². The maximum absolute atomic E-state index is 12.1. The number of rotatable bonds is 4. The van der Waals surface area contributed by atoms with Crippen molar-refractivity contribution in [1.29, 1.82) is 5.26 Å². The molecule has 1 heterocycles. The van der Waals surface area contributed by atoms with Gasteiger partial charge in [0.25, 0.3) is 5.91 Å². The van der Waals surface area contributed by atoms with E-state index < -0.39 is 0 Å². The molecular weight excluding hydrogens is 288 g/mol. The monoisotopic (exact) mass is 300 g/mol. The Kier molecular flexibility index (Phi) is 4.75. The van der Waals surface area contributed by atoms with E-state index in [0.717, 1.165) is 6.54 Å². The van der Waals surface area contributed by atoms with E-state index in [1.165, 1.54) is 12.3 Å². The zero-order valence-corrected chi connectivity index (χ0v) is 12.1. The number of carbonyl (C=O) groups is 1. The number of hydrogen-bond acceptors (Lipinski definition) is 4. The Hall–Kier alpha value is -2.58. The average Bonchev–Trinajstić information content (AvgIpc) is 2.50. The molecule has 21 heavy (non-hydrogen) atoms. The van der Waals surface area contributed by atoms with Gasteiger partial charge in [0.1, 0.15) is 5.82 Å². The molecule has 1 aromatic carbocycles. The molecule has 0 atom stereocenters. The van der Waals surface area contributed by atoms with Gasteiger partial charge in [-0.15, -0.1) is 0 Å². The van der Waals surface area contributed by atoms with Crippen LogP contribution in [-0.2, 0) is 0 Å². The first-order valence-electron chi connectivity index (χ1n) is 6.35. The number of aromatic nitrogens is 1. The Labute approximate surface area is 127 Å². The smallest absolute Gasteiger partial charge is 0.257 e. The number of halogens is 1. The van der Waals surface area contributed by atoms with Crippen LogP contribution in [-0.4, -0.2) is 17.4 Å². The minimum absolute atomic E-state index is 0.308. The first-order chi connectivity index (χ1) is 10.1. The molecule has 0 radical (unpaired) electrons. The quantitative estimate of drug-likeness (QED) is 0.908. The first kappa shape index (κ1) is 14.8. The molecule has 5 nitrogen and oxygen atoms in total. The fourth-order valence-electron chi connectivity index (χ4n) is 1.69. The summed E-state index contributed by atoms with van der Waals surface area (Å²) in [6, 6.07) is 10.1. The highest BCUT2D eigenvalue weighted by Gasteiger charge is 2.09. The molecule has 0 aliphatic rings. The highest BCUT2D eigenvalue weighted by atomic mass is 35.5. The van der Waals surface area contributed by atoms with Gasteiger partial charge in [-0.25, -0.2) is 4.98 Å². The average molecular weight is 301 g/mol. The number of pyridine rings is 1. The lowest BCUT2D eigenvalue weighted by Crippen LogP contribution is -2.13. The Bertz CT molecular complexity index is 692. The van der Waals surface area contributed by atoms with Crippen LogP contribution in [0.2, 0.25) is 5.02 Å². The summed E-state index contributed by atoms with van der Waals surface area (Å²) in [5.74, 6) is 0.405. The third kappa shape index (κ3) is 3.71. The molecule has 0 spiro atoms. The van der Waals surface area contributed by atoms with Gasteiger partial charge in [-0.3, -0.25) is 4.79 Å². The molecular formula is C15H13ClN4O. The third-order valence-corrected chi connectivity index (χ3v) is 3.04. The summed E-state index contributed by atoms with van der Waals surface area (Å²) < 4.78 is 0. The molecule has 0 unspecified atom stereocenters. The van der Waals surface area contributed by atoms with Crippen LogP contribution in [0.15, 0.2) is 36.5 Å². The number of anilines is 2. The summed E-state index contributed by atoms with van der Waals surface area (Å²) in [5.41, 5.74) is 1.32. The predicted molar refractivity (Wildman–Crippen MR) is 82.5 cm³/mol.